The second-order valence-corrected chi connectivity index (χ2v) is 7.70. The summed E-state index contributed by atoms with van der Waals surface area (Å²) in [5.74, 6) is 0.284. The topological polar surface area (TPSA) is 95.2 Å². The van der Waals surface area contributed by atoms with E-state index in [4.69, 9.17) is 9.15 Å². The molecular weight excluding hydrogens is 386 g/mol. The Morgan fingerprint density at radius 2 is 2.10 bits per heavy atom. The van der Waals surface area contributed by atoms with Gasteiger partial charge in [0.2, 0.25) is 5.91 Å². The van der Waals surface area contributed by atoms with Crippen molar-refractivity contribution in [3.05, 3.63) is 42.2 Å². The first-order valence-electron chi connectivity index (χ1n) is 10.0. The molecule has 3 rings (SSSR count). The van der Waals surface area contributed by atoms with Gasteiger partial charge in [-0.15, -0.1) is 0 Å². The standard InChI is InChI=1S/C22H29N3O5/c1-24(2)12-10-23-21(27)17-14-25(11-9-18(17)26)22(28)20-8-7-19(30-20)15-5-4-6-16(13-15)29-3/h4-8,13,17-18,26H,9-12,14H2,1-3H3,(H,23,27)/t17-,18+/m0/s1. The Balaban J connectivity index is 1.66. The van der Waals surface area contributed by atoms with Crippen LogP contribution >= 0.6 is 0 Å². The van der Waals surface area contributed by atoms with E-state index in [-0.39, 0.29) is 24.1 Å². The molecular formula is C22H29N3O5. The summed E-state index contributed by atoms with van der Waals surface area (Å²) < 4.78 is 11.0. The van der Waals surface area contributed by atoms with E-state index in [0.717, 1.165) is 5.56 Å². The van der Waals surface area contributed by atoms with Gasteiger partial charge in [0.15, 0.2) is 5.76 Å². The largest absolute Gasteiger partial charge is 0.497 e. The van der Waals surface area contributed by atoms with Crippen molar-refractivity contribution in [3.63, 3.8) is 0 Å². The first-order valence-corrected chi connectivity index (χ1v) is 10.0. The zero-order valence-electron chi connectivity index (χ0n) is 17.6. The maximum atomic E-state index is 12.9. The predicted molar refractivity (Wildman–Crippen MR) is 112 cm³/mol. The number of rotatable bonds is 7. The molecule has 1 saturated heterocycles. The van der Waals surface area contributed by atoms with Gasteiger partial charge in [0, 0.05) is 31.7 Å². The van der Waals surface area contributed by atoms with Crippen molar-refractivity contribution in [2.24, 2.45) is 5.92 Å². The van der Waals surface area contributed by atoms with Crippen LogP contribution in [0, 0.1) is 5.92 Å². The van der Waals surface area contributed by atoms with Crippen molar-refractivity contribution >= 4 is 11.8 Å². The number of likely N-dealkylation sites (tertiary alicyclic amines) is 1. The minimum atomic E-state index is -0.766. The third-order valence-corrected chi connectivity index (χ3v) is 5.23. The van der Waals surface area contributed by atoms with Gasteiger partial charge in [-0.05, 0) is 44.8 Å². The predicted octanol–water partition coefficient (Wildman–Crippen LogP) is 1.46. The highest BCUT2D eigenvalue weighted by molar-refractivity contribution is 5.93. The molecule has 1 fully saturated rings. The number of carbonyl (C=O) groups excluding carboxylic acids is 2. The summed E-state index contributed by atoms with van der Waals surface area (Å²) in [6.07, 6.45) is -0.418. The lowest BCUT2D eigenvalue weighted by Crippen LogP contribution is -2.52. The number of piperidine rings is 1. The van der Waals surface area contributed by atoms with Crippen LogP contribution in [0.3, 0.4) is 0 Å². The van der Waals surface area contributed by atoms with E-state index in [2.05, 4.69) is 5.32 Å². The summed E-state index contributed by atoms with van der Waals surface area (Å²) in [5.41, 5.74) is 0.806. The smallest absolute Gasteiger partial charge is 0.289 e. The van der Waals surface area contributed by atoms with Gasteiger partial charge in [0.25, 0.3) is 5.91 Å². The van der Waals surface area contributed by atoms with Crippen molar-refractivity contribution in [2.75, 3.05) is 47.4 Å². The molecule has 0 unspecified atom stereocenters. The van der Waals surface area contributed by atoms with Crippen LogP contribution in [0.25, 0.3) is 11.3 Å². The summed E-state index contributed by atoms with van der Waals surface area (Å²) in [5, 5.41) is 13.1. The Morgan fingerprint density at radius 1 is 1.30 bits per heavy atom. The Morgan fingerprint density at radius 3 is 2.83 bits per heavy atom. The number of hydrogen-bond acceptors (Lipinski definition) is 6. The van der Waals surface area contributed by atoms with E-state index in [0.29, 0.717) is 37.6 Å². The van der Waals surface area contributed by atoms with Crippen molar-refractivity contribution < 1.29 is 23.8 Å². The maximum Gasteiger partial charge on any atom is 0.289 e. The third-order valence-electron chi connectivity index (χ3n) is 5.23. The quantitative estimate of drug-likeness (QED) is 0.711. The van der Waals surface area contributed by atoms with Crippen molar-refractivity contribution in [3.8, 4) is 17.1 Å². The second kappa shape index (κ2) is 9.77. The lowest BCUT2D eigenvalue weighted by atomic mass is 9.93. The van der Waals surface area contributed by atoms with E-state index >= 15 is 0 Å². The van der Waals surface area contributed by atoms with Gasteiger partial charge in [0.05, 0.1) is 19.1 Å². The van der Waals surface area contributed by atoms with E-state index in [1.807, 2.05) is 43.3 Å². The summed E-state index contributed by atoms with van der Waals surface area (Å²) in [6.45, 7) is 1.72. The minimum Gasteiger partial charge on any atom is -0.497 e. The Kier molecular flexibility index (Phi) is 7.12. The molecule has 0 radical (unpaired) electrons. The van der Waals surface area contributed by atoms with Crippen molar-refractivity contribution in [2.45, 2.75) is 12.5 Å². The van der Waals surface area contributed by atoms with Crippen LogP contribution in [0.1, 0.15) is 17.0 Å². The molecule has 8 heteroatoms. The van der Waals surface area contributed by atoms with E-state index in [9.17, 15) is 14.7 Å². The van der Waals surface area contributed by atoms with Crippen molar-refractivity contribution in [1.82, 2.24) is 15.1 Å². The molecule has 8 nitrogen and oxygen atoms in total. The first kappa shape index (κ1) is 21.9. The number of methoxy groups -OCH3 is 1. The van der Waals surface area contributed by atoms with E-state index in [1.54, 1.807) is 24.1 Å². The molecule has 30 heavy (non-hydrogen) atoms. The lowest BCUT2D eigenvalue weighted by Gasteiger charge is -2.35. The highest BCUT2D eigenvalue weighted by atomic mass is 16.5. The van der Waals surface area contributed by atoms with Gasteiger partial charge in [-0.25, -0.2) is 0 Å². The second-order valence-electron chi connectivity index (χ2n) is 7.70. The lowest BCUT2D eigenvalue weighted by molar-refractivity contribution is -0.130. The third kappa shape index (κ3) is 5.20. The molecule has 2 aromatic rings. The molecule has 0 bridgehead atoms. The highest BCUT2D eigenvalue weighted by Crippen LogP contribution is 2.27. The average molecular weight is 415 g/mol. The number of hydrogen-bond donors (Lipinski definition) is 2. The Bertz CT molecular complexity index is 879. The van der Waals surface area contributed by atoms with Gasteiger partial charge < -0.3 is 29.4 Å². The Labute approximate surface area is 176 Å². The number of benzene rings is 1. The molecule has 1 aliphatic heterocycles. The summed E-state index contributed by atoms with van der Waals surface area (Å²) in [4.78, 5) is 28.9. The summed E-state index contributed by atoms with van der Waals surface area (Å²) >= 11 is 0. The van der Waals surface area contributed by atoms with Gasteiger partial charge >= 0.3 is 0 Å². The number of likely N-dealkylation sites (N-methyl/N-ethyl adjacent to an activating group) is 1. The maximum absolute atomic E-state index is 12.9. The number of aliphatic hydroxyl groups excluding tert-OH is 1. The number of ether oxygens (including phenoxy) is 1. The van der Waals surface area contributed by atoms with Crippen molar-refractivity contribution in [1.29, 1.82) is 0 Å². The summed E-state index contributed by atoms with van der Waals surface area (Å²) in [6, 6.07) is 10.8. The molecule has 162 valence electrons. The van der Waals surface area contributed by atoms with E-state index in [1.165, 1.54) is 0 Å². The monoisotopic (exact) mass is 415 g/mol. The first-order chi connectivity index (χ1) is 14.4. The van der Waals surface area contributed by atoms with Gasteiger partial charge in [-0.1, -0.05) is 12.1 Å². The number of nitrogens with one attached hydrogen (secondary N) is 1. The van der Waals surface area contributed by atoms with Crippen LogP contribution in [-0.4, -0.2) is 80.2 Å². The van der Waals surface area contributed by atoms with Gasteiger partial charge in [-0.2, -0.15) is 0 Å². The fraction of sp³-hybridized carbons (Fsp3) is 0.455. The van der Waals surface area contributed by atoms with Gasteiger partial charge in [-0.3, -0.25) is 9.59 Å². The Hall–Kier alpha value is -2.84. The number of carbonyl (C=O) groups is 2. The molecule has 2 heterocycles. The fourth-order valence-electron chi connectivity index (χ4n) is 3.46. The van der Waals surface area contributed by atoms with Crippen LogP contribution in [0.5, 0.6) is 5.75 Å². The number of amides is 2. The van der Waals surface area contributed by atoms with Crippen LogP contribution in [0.2, 0.25) is 0 Å². The zero-order chi connectivity index (χ0) is 21.7. The SMILES string of the molecule is COc1cccc(-c2ccc(C(=O)N3CC[C@@H](O)[C@@H](C(=O)NCCN(C)C)C3)o2)c1. The number of aliphatic hydroxyl groups is 1. The van der Waals surface area contributed by atoms with Gasteiger partial charge in [0.1, 0.15) is 11.5 Å². The molecule has 2 amide bonds. The van der Waals surface area contributed by atoms with Crippen LogP contribution in [0.15, 0.2) is 40.8 Å². The number of nitrogens with zero attached hydrogens (tertiary/aromatic N) is 2. The molecule has 2 N–H and O–H groups in total. The normalized spacial score (nSPS) is 19.0. The van der Waals surface area contributed by atoms with Crippen LogP contribution < -0.4 is 10.1 Å². The highest BCUT2D eigenvalue weighted by Gasteiger charge is 2.36. The molecule has 0 spiro atoms. The molecule has 0 aliphatic carbocycles. The minimum absolute atomic E-state index is 0.156. The molecule has 0 saturated carbocycles. The molecule has 2 atom stereocenters. The summed E-state index contributed by atoms with van der Waals surface area (Å²) in [7, 11) is 5.43. The molecule has 1 aromatic heterocycles. The fourth-order valence-corrected chi connectivity index (χ4v) is 3.46. The van der Waals surface area contributed by atoms with Crippen LogP contribution in [0.4, 0.5) is 0 Å². The molecule has 1 aromatic carbocycles. The van der Waals surface area contributed by atoms with Crippen LogP contribution in [-0.2, 0) is 4.79 Å². The number of furan rings is 1. The van der Waals surface area contributed by atoms with E-state index < -0.39 is 12.0 Å². The molecule has 1 aliphatic rings. The average Bonchev–Trinajstić information content (AvgIpc) is 3.23. The zero-order valence-corrected chi connectivity index (χ0v) is 17.6.